The van der Waals surface area contributed by atoms with Gasteiger partial charge in [0.25, 0.3) is 0 Å². The molecule has 0 saturated heterocycles. The Bertz CT molecular complexity index is 867. The number of hydrogen-bond donors (Lipinski definition) is 2. The minimum atomic E-state index is -0.116. The van der Waals surface area contributed by atoms with Gasteiger partial charge in [-0.1, -0.05) is 42.5 Å². The van der Waals surface area contributed by atoms with Crippen molar-refractivity contribution in [3.8, 4) is 5.75 Å². The highest BCUT2D eigenvalue weighted by Gasteiger charge is 2.05. The van der Waals surface area contributed by atoms with Gasteiger partial charge in [0.15, 0.2) is 5.82 Å². The summed E-state index contributed by atoms with van der Waals surface area (Å²) >= 11 is 0. The van der Waals surface area contributed by atoms with E-state index in [-0.39, 0.29) is 5.91 Å². The Morgan fingerprint density at radius 2 is 1.67 bits per heavy atom. The monoisotopic (exact) mass is 362 g/mol. The van der Waals surface area contributed by atoms with Crippen LogP contribution in [0.4, 0.5) is 11.6 Å². The maximum Gasteiger partial charge on any atom is 0.229 e. The molecule has 1 heterocycles. The van der Waals surface area contributed by atoms with Crippen LogP contribution in [0.15, 0.2) is 66.7 Å². The van der Waals surface area contributed by atoms with E-state index in [4.69, 9.17) is 4.74 Å². The van der Waals surface area contributed by atoms with Crippen LogP contribution in [0, 0.1) is 0 Å². The topological polar surface area (TPSA) is 76.1 Å². The smallest absolute Gasteiger partial charge is 0.229 e. The Balaban J connectivity index is 1.46. The van der Waals surface area contributed by atoms with Crippen LogP contribution >= 0.6 is 0 Å². The zero-order chi connectivity index (χ0) is 18.9. The number of methoxy groups -OCH3 is 1. The van der Waals surface area contributed by atoms with Crippen LogP contribution < -0.4 is 15.4 Å². The van der Waals surface area contributed by atoms with E-state index in [2.05, 4.69) is 26.9 Å². The minimum Gasteiger partial charge on any atom is -0.497 e. The highest BCUT2D eigenvalue weighted by molar-refractivity contribution is 5.91. The quantitative estimate of drug-likeness (QED) is 0.643. The summed E-state index contributed by atoms with van der Waals surface area (Å²) in [6.07, 6.45) is 1.15. The zero-order valence-corrected chi connectivity index (χ0v) is 15.2. The largest absolute Gasteiger partial charge is 0.497 e. The molecular weight excluding hydrogens is 340 g/mol. The fraction of sp³-hybridized carbons (Fsp3) is 0.190. The highest BCUT2D eigenvalue weighted by atomic mass is 16.5. The molecule has 2 N–H and O–H groups in total. The summed E-state index contributed by atoms with van der Waals surface area (Å²) in [5.74, 6) is 1.84. The lowest BCUT2D eigenvalue weighted by Gasteiger charge is -2.08. The summed E-state index contributed by atoms with van der Waals surface area (Å²) < 4.78 is 5.22. The molecule has 0 aliphatic rings. The number of carbonyl (C=O) groups excluding carboxylic acids is 1. The molecule has 6 heteroatoms. The molecule has 138 valence electrons. The van der Waals surface area contributed by atoms with Crippen LogP contribution in [0.2, 0.25) is 0 Å². The second-order valence-electron chi connectivity index (χ2n) is 6.04. The number of anilines is 2. The standard InChI is InChI=1S/C21H22N4O2/c1-27-18-9-5-8-17(14-18)12-13-22-19-10-11-20(25-24-19)23-21(26)15-16-6-3-2-4-7-16/h2-11,14H,12-13,15H2,1H3,(H,22,24)(H,23,25,26). The highest BCUT2D eigenvalue weighted by Crippen LogP contribution is 2.13. The number of benzene rings is 2. The summed E-state index contributed by atoms with van der Waals surface area (Å²) in [5.41, 5.74) is 2.14. The molecule has 3 rings (SSSR count). The molecule has 0 aliphatic carbocycles. The van der Waals surface area contributed by atoms with Crippen molar-refractivity contribution in [1.82, 2.24) is 10.2 Å². The molecule has 0 unspecified atom stereocenters. The van der Waals surface area contributed by atoms with Crippen molar-refractivity contribution in [1.29, 1.82) is 0 Å². The normalized spacial score (nSPS) is 10.3. The van der Waals surface area contributed by atoms with E-state index in [1.165, 1.54) is 5.56 Å². The Morgan fingerprint density at radius 3 is 2.41 bits per heavy atom. The number of ether oxygens (including phenoxy) is 1. The first-order valence-electron chi connectivity index (χ1n) is 8.77. The predicted molar refractivity (Wildman–Crippen MR) is 106 cm³/mol. The summed E-state index contributed by atoms with van der Waals surface area (Å²) in [5, 5.41) is 14.1. The van der Waals surface area contributed by atoms with Gasteiger partial charge in [0.2, 0.25) is 5.91 Å². The van der Waals surface area contributed by atoms with E-state index in [9.17, 15) is 4.79 Å². The fourth-order valence-electron chi connectivity index (χ4n) is 2.62. The molecule has 0 spiro atoms. The number of nitrogens with zero attached hydrogens (tertiary/aromatic N) is 2. The van der Waals surface area contributed by atoms with Gasteiger partial charge in [0, 0.05) is 6.54 Å². The Hall–Kier alpha value is -3.41. The molecule has 0 fully saturated rings. The lowest BCUT2D eigenvalue weighted by Crippen LogP contribution is -2.16. The average molecular weight is 362 g/mol. The van der Waals surface area contributed by atoms with Crippen molar-refractivity contribution in [2.45, 2.75) is 12.8 Å². The van der Waals surface area contributed by atoms with Gasteiger partial charge in [-0.05, 0) is 41.8 Å². The second kappa shape index (κ2) is 9.33. The number of carbonyl (C=O) groups is 1. The Labute approximate surface area is 158 Å². The summed E-state index contributed by atoms with van der Waals surface area (Å²) in [4.78, 5) is 12.0. The lowest BCUT2D eigenvalue weighted by atomic mass is 10.1. The van der Waals surface area contributed by atoms with Gasteiger partial charge in [-0.25, -0.2) is 0 Å². The molecule has 6 nitrogen and oxygen atoms in total. The first-order valence-corrected chi connectivity index (χ1v) is 8.77. The molecule has 0 bridgehead atoms. The van der Waals surface area contributed by atoms with Crippen LogP contribution in [0.25, 0.3) is 0 Å². The maximum atomic E-state index is 12.0. The summed E-state index contributed by atoms with van der Waals surface area (Å²) in [7, 11) is 1.66. The van der Waals surface area contributed by atoms with Gasteiger partial charge in [0.05, 0.1) is 13.5 Å². The number of aromatic nitrogens is 2. The van der Waals surface area contributed by atoms with E-state index < -0.39 is 0 Å². The van der Waals surface area contributed by atoms with Gasteiger partial charge in [-0.15, -0.1) is 10.2 Å². The van der Waals surface area contributed by atoms with E-state index in [0.717, 1.165) is 24.3 Å². The SMILES string of the molecule is COc1cccc(CCNc2ccc(NC(=O)Cc3ccccc3)nn2)c1. The number of hydrogen-bond acceptors (Lipinski definition) is 5. The van der Waals surface area contributed by atoms with Crippen LogP contribution in [0.3, 0.4) is 0 Å². The van der Waals surface area contributed by atoms with Gasteiger partial charge in [0.1, 0.15) is 11.6 Å². The second-order valence-corrected chi connectivity index (χ2v) is 6.04. The first kappa shape index (κ1) is 18.4. The van der Waals surface area contributed by atoms with E-state index in [1.807, 2.05) is 48.5 Å². The molecule has 27 heavy (non-hydrogen) atoms. The first-order chi connectivity index (χ1) is 13.2. The third kappa shape index (κ3) is 5.81. The van der Waals surface area contributed by atoms with Crippen molar-refractivity contribution < 1.29 is 9.53 Å². The number of rotatable bonds is 8. The third-order valence-corrected chi connectivity index (χ3v) is 3.99. The maximum absolute atomic E-state index is 12.0. The van der Waals surface area contributed by atoms with Gasteiger partial charge >= 0.3 is 0 Å². The van der Waals surface area contributed by atoms with Gasteiger partial charge in [-0.2, -0.15) is 0 Å². The van der Waals surface area contributed by atoms with Crippen molar-refractivity contribution in [3.05, 3.63) is 77.9 Å². The molecule has 1 amide bonds. The van der Waals surface area contributed by atoms with Crippen molar-refractivity contribution in [2.75, 3.05) is 24.3 Å². The van der Waals surface area contributed by atoms with Crippen molar-refractivity contribution in [3.63, 3.8) is 0 Å². The number of nitrogens with one attached hydrogen (secondary N) is 2. The minimum absolute atomic E-state index is 0.116. The predicted octanol–water partition coefficient (Wildman–Crippen LogP) is 3.32. The molecule has 3 aromatic rings. The third-order valence-electron chi connectivity index (χ3n) is 3.99. The van der Waals surface area contributed by atoms with Crippen molar-refractivity contribution in [2.24, 2.45) is 0 Å². The molecule has 0 saturated carbocycles. The lowest BCUT2D eigenvalue weighted by molar-refractivity contribution is -0.115. The van der Waals surface area contributed by atoms with Crippen LogP contribution in [-0.4, -0.2) is 29.8 Å². The summed E-state index contributed by atoms with van der Waals surface area (Å²) in [6, 6.07) is 21.1. The van der Waals surface area contributed by atoms with Gasteiger partial charge < -0.3 is 15.4 Å². The van der Waals surface area contributed by atoms with Crippen LogP contribution in [0.5, 0.6) is 5.75 Å². The molecule has 0 radical (unpaired) electrons. The Morgan fingerprint density at radius 1 is 0.926 bits per heavy atom. The molecule has 1 aromatic heterocycles. The van der Waals surface area contributed by atoms with Crippen molar-refractivity contribution >= 4 is 17.5 Å². The van der Waals surface area contributed by atoms with E-state index in [0.29, 0.717) is 18.1 Å². The summed E-state index contributed by atoms with van der Waals surface area (Å²) in [6.45, 7) is 0.724. The molecular formula is C21H22N4O2. The molecule has 0 aliphatic heterocycles. The van der Waals surface area contributed by atoms with E-state index in [1.54, 1.807) is 19.2 Å². The van der Waals surface area contributed by atoms with Crippen LogP contribution in [-0.2, 0) is 17.6 Å². The average Bonchev–Trinajstić information content (AvgIpc) is 2.70. The number of amides is 1. The molecule has 2 aromatic carbocycles. The van der Waals surface area contributed by atoms with Crippen LogP contribution in [0.1, 0.15) is 11.1 Å². The molecule has 0 atom stereocenters. The Kier molecular flexibility index (Phi) is 6.35. The van der Waals surface area contributed by atoms with E-state index >= 15 is 0 Å². The fourth-order valence-corrected chi connectivity index (χ4v) is 2.62. The zero-order valence-electron chi connectivity index (χ0n) is 15.2. The van der Waals surface area contributed by atoms with Gasteiger partial charge in [-0.3, -0.25) is 4.79 Å².